The number of amides is 2. The minimum atomic E-state index is -3.89. The minimum Gasteiger partial charge on any atom is -0.454 e. The molecule has 0 aliphatic carbocycles. The first-order chi connectivity index (χ1) is 17.8. The number of anilines is 1. The smallest absolute Gasteiger partial charge is 0.244 e. The highest BCUT2D eigenvalue weighted by Gasteiger charge is 2.34. The molecule has 0 radical (unpaired) electrons. The fourth-order valence-corrected chi connectivity index (χ4v) is 5.56. The SMILES string of the molecule is CCC(C(=O)NC(C)(C)C)N(Cc1c(Cl)cccc1Cl)C(=O)CN(c1ccc2c(c1)OCO2)S(=O)(=O)CC. The van der Waals surface area contributed by atoms with Gasteiger partial charge in [-0.05, 0) is 58.4 Å². The number of sulfonamides is 1. The molecule has 0 spiro atoms. The predicted octanol–water partition coefficient (Wildman–Crippen LogP) is 4.60. The summed E-state index contributed by atoms with van der Waals surface area (Å²) in [6.07, 6.45) is 0.278. The Balaban J connectivity index is 2.03. The van der Waals surface area contributed by atoms with Gasteiger partial charge in [0.15, 0.2) is 11.5 Å². The summed E-state index contributed by atoms with van der Waals surface area (Å²) in [6.45, 7) is 8.17. The van der Waals surface area contributed by atoms with Gasteiger partial charge in [0.2, 0.25) is 28.6 Å². The maximum atomic E-state index is 13.9. The summed E-state index contributed by atoms with van der Waals surface area (Å²) in [5, 5.41) is 3.57. The Kier molecular flexibility index (Phi) is 9.43. The van der Waals surface area contributed by atoms with E-state index in [0.717, 1.165) is 4.31 Å². The third-order valence-electron chi connectivity index (χ3n) is 5.90. The first-order valence-corrected chi connectivity index (χ1v) is 14.6. The van der Waals surface area contributed by atoms with Crippen molar-refractivity contribution in [3.05, 3.63) is 52.0 Å². The van der Waals surface area contributed by atoms with Gasteiger partial charge >= 0.3 is 0 Å². The molecule has 0 fully saturated rings. The van der Waals surface area contributed by atoms with Crippen LogP contribution in [-0.2, 0) is 26.2 Å². The Morgan fingerprint density at radius 1 is 1.05 bits per heavy atom. The number of halogens is 2. The molecule has 1 N–H and O–H groups in total. The largest absolute Gasteiger partial charge is 0.454 e. The van der Waals surface area contributed by atoms with Crippen molar-refractivity contribution in [3.8, 4) is 11.5 Å². The third-order valence-corrected chi connectivity index (χ3v) is 8.35. The maximum absolute atomic E-state index is 13.9. The number of benzene rings is 2. The molecular weight excluding hydrogens is 553 g/mol. The molecule has 2 aromatic carbocycles. The normalized spacial score (nSPS) is 13.7. The summed E-state index contributed by atoms with van der Waals surface area (Å²) in [5.74, 6) is -0.348. The average Bonchev–Trinajstić information content (AvgIpc) is 3.30. The number of nitrogens with one attached hydrogen (secondary N) is 1. The Morgan fingerprint density at radius 3 is 2.26 bits per heavy atom. The first-order valence-electron chi connectivity index (χ1n) is 12.2. The third kappa shape index (κ3) is 7.03. The van der Waals surface area contributed by atoms with E-state index in [4.69, 9.17) is 32.7 Å². The van der Waals surface area contributed by atoms with Crippen LogP contribution in [0.5, 0.6) is 11.5 Å². The van der Waals surface area contributed by atoms with Gasteiger partial charge in [0.05, 0.1) is 11.4 Å². The summed E-state index contributed by atoms with van der Waals surface area (Å²) in [7, 11) is -3.89. The van der Waals surface area contributed by atoms with E-state index in [9.17, 15) is 18.0 Å². The van der Waals surface area contributed by atoms with E-state index in [-0.39, 0.29) is 37.1 Å². The lowest BCUT2D eigenvalue weighted by molar-refractivity contribution is -0.141. The standard InChI is InChI=1S/C26H33Cl2N3O6S/c1-6-21(25(33)29-26(3,4)5)30(14-18-19(27)9-8-10-20(18)28)24(32)15-31(38(34,35)7-2)17-11-12-22-23(13-17)37-16-36-22/h8-13,21H,6-7,14-16H2,1-5H3,(H,29,33). The van der Waals surface area contributed by atoms with Crippen molar-refractivity contribution in [1.29, 1.82) is 0 Å². The van der Waals surface area contributed by atoms with Crippen LogP contribution >= 0.6 is 23.2 Å². The zero-order valence-electron chi connectivity index (χ0n) is 22.1. The molecule has 38 heavy (non-hydrogen) atoms. The van der Waals surface area contributed by atoms with Crippen molar-refractivity contribution in [1.82, 2.24) is 10.2 Å². The van der Waals surface area contributed by atoms with Crippen molar-refractivity contribution in [3.63, 3.8) is 0 Å². The van der Waals surface area contributed by atoms with Gasteiger partial charge in [-0.1, -0.05) is 36.2 Å². The monoisotopic (exact) mass is 585 g/mol. The van der Waals surface area contributed by atoms with E-state index in [2.05, 4.69) is 5.32 Å². The molecule has 2 aromatic rings. The second-order valence-corrected chi connectivity index (χ2v) is 12.8. The maximum Gasteiger partial charge on any atom is 0.244 e. The van der Waals surface area contributed by atoms with E-state index < -0.39 is 34.1 Å². The predicted molar refractivity (Wildman–Crippen MR) is 148 cm³/mol. The van der Waals surface area contributed by atoms with E-state index >= 15 is 0 Å². The van der Waals surface area contributed by atoms with Gasteiger partial charge in [-0.2, -0.15) is 0 Å². The van der Waals surface area contributed by atoms with Gasteiger partial charge < -0.3 is 19.7 Å². The number of fused-ring (bicyclic) bond motifs is 1. The molecular formula is C26H33Cl2N3O6S. The molecule has 0 aromatic heterocycles. The number of carbonyl (C=O) groups excluding carboxylic acids is 2. The van der Waals surface area contributed by atoms with Gasteiger partial charge in [-0.3, -0.25) is 13.9 Å². The topological polar surface area (TPSA) is 105 Å². The Morgan fingerprint density at radius 2 is 1.68 bits per heavy atom. The second kappa shape index (κ2) is 12.0. The lowest BCUT2D eigenvalue weighted by atomic mass is 10.1. The number of carbonyl (C=O) groups is 2. The fraction of sp³-hybridized carbons (Fsp3) is 0.462. The molecule has 0 saturated carbocycles. The van der Waals surface area contributed by atoms with Gasteiger partial charge in [0.25, 0.3) is 0 Å². The van der Waals surface area contributed by atoms with Crippen LogP contribution in [0.25, 0.3) is 0 Å². The molecule has 1 aliphatic heterocycles. The van der Waals surface area contributed by atoms with Crippen molar-refractivity contribution in [2.45, 2.75) is 59.2 Å². The fourth-order valence-electron chi connectivity index (χ4n) is 3.99. The summed E-state index contributed by atoms with van der Waals surface area (Å²) in [6, 6.07) is 8.71. The van der Waals surface area contributed by atoms with Crippen LogP contribution < -0.4 is 19.1 Å². The van der Waals surface area contributed by atoms with Crippen LogP contribution in [0.15, 0.2) is 36.4 Å². The van der Waals surface area contributed by atoms with Crippen LogP contribution in [-0.4, -0.2) is 55.8 Å². The van der Waals surface area contributed by atoms with Crippen LogP contribution in [0, 0.1) is 0 Å². The number of ether oxygens (including phenoxy) is 2. The second-order valence-electron chi connectivity index (χ2n) is 9.83. The van der Waals surface area contributed by atoms with Crippen molar-refractivity contribution in [2.24, 2.45) is 0 Å². The Hall–Kier alpha value is -2.69. The zero-order valence-corrected chi connectivity index (χ0v) is 24.4. The van der Waals surface area contributed by atoms with E-state index in [1.54, 1.807) is 37.3 Å². The molecule has 2 amide bonds. The molecule has 12 heteroatoms. The number of hydrogen-bond donors (Lipinski definition) is 1. The summed E-state index contributed by atoms with van der Waals surface area (Å²) < 4.78 is 38.1. The average molecular weight is 587 g/mol. The van der Waals surface area contributed by atoms with Crippen LogP contribution in [0.1, 0.15) is 46.6 Å². The number of hydrogen-bond acceptors (Lipinski definition) is 6. The van der Waals surface area contributed by atoms with Gasteiger partial charge in [-0.25, -0.2) is 8.42 Å². The molecule has 3 rings (SSSR count). The highest BCUT2D eigenvalue weighted by atomic mass is 35.5. The Labute approximate surface area is 234 Å². The Bertz CT molecular complexity index is 1280. The van der Waals surface area contributed by atoms with E-state index in [1.165, 1.54) is 17.9 Å². The molecule has 208 valence electrons. The lowest BCUT2D eigenvalue weighted by Crippen LogP contribution is -2.55. The van der Waals surface area contributed by atoms with E-state index in [0.29, 0.717) is 27.1 Å². The molecule has 0 saturated heterocycles. The van der Waals surface area contributed by atoms with Crippen molar-refractivity contribution < 1.29 is 27.5 Å². The molecule has 9 nitrogen and oxygen atoms in total. The van der Waals surface area contributed by atoms with Crippen molar-refractivity contribution in [2.75, 3.05) is 23.4 Å². The first kappa shape index (κ1) is 29.9. The molecule has 1 unspecified atom stereocenters. The van der Waals surface area contributed by atoms with Crippen LogP contribution in [0.2, 0.25) is 10.0 Å². The number of rotatable bonds is 10. The van der Waals surface area contributed by atoms with E-state index in [1.807, 2.05) is 20.8 Å². The van der Waals surface area contributed by atoms with Gasteiger partial charge in [-0.15, -0.1) is 0 Å². The highest BCUT2D eigenvalue weighted by molar-refractivity contribution is 7.92. The molecule has 0 bridgehead atoms. The molecule has 1 heterocycles. The quantitative estimate of drug-likeness (QED) is 0.437. The van der Waals surface area contributed by atoms with Gasteiger partial charge in [0.1, 0.15) is 12.6 Å². The number of nitrogens with zero attached hydrogens (tertiary/aromatic N) is 2. The highest BCUT2D eigenvalue weighted by Crippen LogP contribution is 2.36. The minimum absolute atomic E-state index is 0.0195. The van der Waals surface area contributed by atoms with Crippen molar-refractivity contribution >= 4 is 50.7 Å². The molecule has 1 aliphatic rings. The summed E-state index contributed by atoms with van der Waals surface area (Å²) in [4.78, 5) is 28.6. The van der Waals surface area contributed by atoms with Crippen LogP contribution in [0.3, 0.4) is 0 Å². The molecule has 1 atom stereocenters. The zero-order chi connectivity index (χ0) is 28.3. The summed E-state index contributed by atoms with van der Waals surface area (Å²) >= 11 is 12.8. The van der Waals surface area contributed by atoms with Gasteiger partial charge in [0, 0.05) is 33.8 Å². The van der Waals surface area contributed by atoms with Crippen LogP contribution in [0.4, 0.5) is 5.69 Å². The lowest BCUT2D eigenvalue weighted by Gasteiger charge is -2.35. The summed E-state index contributed by atoms with van der Waals surface area (Å²) in [5.41, 5.74) is 0.150.